The second-order valence-corrected chi connectivity index (χ2v) is 4.71. The molecule has 114 valence electrons. The molecule has 1 atom stereocenters. The summed E-state index contributed by atoms with van der Waals surface area (Å²) in [5.74, 6) is 0.593. The van der Waals surface area contributed by atoms with Crippen LogP contribution < -0.4 is 10.1 Å². The van der Waals surface area contributed by atoms with Crippen LogP contribution in [0.3, 0.4) is 0 Å². The Morgan fingerprint density at radius 3 is 2.95 bits per heavy atom. The van der Waals surface area contributed by atoms with Crippen LogP contribution in [0.1, 0.15) is 5.82 Å². The first-order chi connectivity index (χ1) is 10.2. The first-order valence-corrected chi connectivity index (χ1v) is 6.76. The van der Waals surface area contributed by atoms with Gasteiger partial charge in [-0.25, -0.2) is 4.39 Å². The van der Waals surface area contributed by atoms with Crippen molar-refractivity contribution in [1.82, 2.24) is 20.1 Å². The molecule has 6 nitrogen and oxygen atoms in total. The third-order valence-electron chi connectivity index (χ3n) is 2.98. The Kier molecular flexibility index (Phi) is 5.65. The van der Waals surface area contributed by atoms with Gasteiger partial charge in [-0.05, 0) is 12.1 Å². The monoisotopic (exact) mass is 294 g/mol. The molecule has 2 rings (SSSR count). The summed E-state index contributed by atoms with van der Waals surface area (Å²) in [6.07, 6.45) is 1.66. The SMILES string of the molecule is Cn1cnnc1CCNCC(O)COc1ccccc1F. The number of hydrogen-bond acceptors (Lipinski definition) is 5. The smallest absolute Gasteiger partial charge is 0.165 e. The zero-order valence-corrected chi connectivity index (χ0v) is 11.9. The van der Waals surface area contributed by atoms with E-state index in [9.17, 15) is 9.50 Å². The number of halogens is 1. The number of rotatable bonds is 8. The highest BCUT2D eigenvalue weighted by Crippen LogP contribution is 2.15. The van der Waals surface area contributed by atoms with E-state index in [2.05, 4.69) is 15.5 Å². The van der Waals surface area contributed by atoms with Crippen molar-refractivity contribution in [2.75, 3.05) is 19.7 Å². The van der Waals surface area contributed by atoms with Gasteiger partial charge >= 0.3 is 0 Å². The molecule has 0 fully saturated rings. The van der Waals surface area contributed by atoms with Crippen molar-refractivity contribution in [1.29, 1.82) is 0 Å². The predicted molar refractivity (Wildman–Crippen MR) is 75.5 cm³/mol. The minimum Gasteiger partial charge on any atom is -0.488 e. The summed E-state index contributed by atoms with van der Waals surface area (Å²) in [5, 5.41) is 20.6. The molecule has 1 unspecified atom stereocenters. The standard InChI is InChI=1S/C14H19FN4O2/c1-19-10-17-18-14(19)6-7-16-8-11(20)9-21-13-5-3-2-4-12(13)15/h2-5,10-11,16,20H,6-9H2,1H3. The summed E-state index contributed by atoms with van der Waals surface area (Å²) in [5.41, 5.74) is 0. The van der Waals surface area contributed by atoms with E-state index in [-0.39, 0.29) is 12.4 Å². The Balaban J connectivity index is 1.63. The molecule has 0 bridgehead atoms. The van der Waals surface area contributed by atoms with Gasteiger partial charge in [0, 0.05) is 26.6 Å². The van der Waals surface area contributed by atoms with Crippen LogP contribution in [-0.4, -0.2) is 45.7 Å². The number of aliphatic hydroxyl groups is 1. The molecule has 0 aliphatic carbocycles. The Morgan fingerprint density at radius 1 is 1.43 bits per heavy atom. The Labute approximate surface area is 122 Å². The number of aliphatic hydroxyl groups excluding tert-OH is 1. The zero-order chi connectivity index (χ0) is 15.1. The van der Waals surface area contributed by atoms with E-state index in [1.165, 1.54) is 12.1 Å². The molecule has 1 aromatic carbocycles. The van der Waals surface area contributed by atoms with Crippen LogP contribution in [0, 0.1) is 5.82 Å². The van der Waals surface area contributed by atoms with Gasteiger partial charge in [-0.15, -0.1) is 10.2 Å². The first-order valence-electron chi connectivity index (χ1n) is 6.76. The summed E-state index contributed by atoms with van der Waals surface area (Å²) < 4.78 is 20.4. The maximum Gasteiger partial charge on any atom is 0.165 e. The summed E-state index contributed by atoms with van der Waals surface area (Å²) in [6, 6.07) is 6.13. The average molecular weight is 294 g/mol. The molecule has 2 aromatic rings. The molecule has 0 saturated carbocycles. The highest BCUT2D eigenvalue weighted by molar-refractivity contribution is 5.23. The maximum absolute atomic E-state index is 13.3. The van der Waals surface area contributed by atoms with Gasteiger partial charge in [0.2, 0.25) is 0 Å². The van der Waals surface area contributed by atoms with Gasteiger partial charge in [-0.3, -0.25) is 0 Å². The fourth-order valence-corrected chi connectivity index (χ4v) is 1.81. The zero-order valence-electron chi connectivity index (χ0n) is 11.9. The number of para-hydroxylation sites is 1. The van der Waals surface area contributed by atoms with Crippen molar-refractivity contribution in [2.24, 2.45) is 7.05 Å². The molecular weight excluding hydrogens is 275 g/mol. The van der Waals surface area contributed by atoms with E-state index in [0.717, 1.165) is 12.2 Å². The lowest BCUT2D eigenvalue weighted by Gasteiger charge is -2.13. The van der Waals surface area contributed by atoms with Crippen molar-refractivity contribution >= 4 is 0 Å². The van der Waals surface area contributed by atoms with E-state index < -0.39 is 11.9 Å². The number of hydrogen-bond donors (Lipinski definition) is 2. The van der Waals surface area contributed by atoms with E-state index in [1.807, 2.05) is 11.6 Å². The van der Waals surface area contributed by atoms with E-state index in [4.69, 9.17) is 4.74 Å². The van der Waals surface area contributed by atoms with Crippen molar-refractivity contribution in [2.45, 2.75) is 12.5 Å². The van der Waals surface area contributed by atoms with Gasteiger partial charge in [-0.2, -0.15) is 0 Å². The minimum atomic E-state index is -0.705. The average Bonchev–Trinajstić information content (AvgIpc) is 2.88. The van der Waals surface area contributed by atoms with Gasteiger partial charge in [0.25, 0.3) is 0 Å². The second kappa shape index (κ2) is 7.70. The van der Waals surface area contributed by atoms with Gasteiger partial charge < -0.3 is 19.7 Å². The number of aryl methyl sites for hydroxylation is 1. The molecule has 0 aliphatic rings. The molecule has 21 heavy (non-hydrogen) atoms. The van der Waals surface area contributed by atoms with Crippen LogP contribution in [0.5, 0.6) is 5.75 Å². The van der Waals surface area contributed by atoms with Gasteiger partial charge in [-0.1, -0.05) is 12.1 Å². The second-order valence-electron chi connectivity index (χ2n) is 4.71. The summed E-state index contributed by atoms with van der Waals surface area (Å²) in [7, 11) is 1.88. The molecule has 0 aliphatic heterocycles. The molecule has 0 amide bonds. The Hall–Kier alpha value is -1.99. The van der Waals surface area contributed by atoms with Crippen molar-refractivity contribution in [3.63, 3.8) is 0 Å². The van der Waals surface area contributed by atoms with Crippen LogP contribution in [0.4, 0.5) is 4.39 Å². The Morgan fingerprint density at radius 2 is 2.24 bits per heavy atom. The highest BCUT2D eigenvalue weighted by Gasteiger charge is 2.08. The lowest BCUT2D eigenvalue weighted by atomic mass is 10.3. The predicted octanol–water partition coefficient (Wildman–Crippen LogP) is 0.526. The van der Waals surface area contributed by atoms with Crippen molar-refractivity contribution in [3.05, 3.63) is 42.2 Å². The van der Waals surface area contributed by atoms with Crippen LogP contribution in [0.2, 0.25) is 0 Å². The van der Waals surface area contributed by atoms with Crippen LogP contribution in [-0.2, 0) is 13.5 Å². The number of aromatic nitrogens is 3. The fraction of sp³-hybridized carbons (Fsp3) is 0.429. The molecule has 0 radical (unpaired) electrons. The minimum absolute atomic E-state index is 0.0396. The molecule has 0 spiro atoms. The van der Waals surface area contributed by atoms with Crippen LogP contribution in [0.25, 0.3) is 0 Å². The van der Waals surface area contributed by atoms with Crippen LogP contribution >= 0.6 is 0 Å². The largest absolute Gasteiger partial charge is 0.488 e. The number of nitrogens with zero attached hydrogens (tertiary/aromatic N) is 3. The molecule has 7 heteroatoms. The summed E-state index contributed by atoms with van der Waals surface area (Å²) in [4.78, 5) is 0. The lowest BCUT2D eigenvalue weighted by Crippen LogP contribution is -2.32. The topological polar surface area (TPSA) is 72.2 Å². The molecule has 2 N–H and O–H groups in total. The molecule has 1 aromatic heterocycles. The van der Waals surface area contributed by atoms with Crippen LogP contribution in [0.15, 0.2) is 30.6 Å². The van der Waals surface area contributed by atoms with Gasteiger partial charge in [0.05, 0.1) is 0 Å². The molecule has 0 saturated heterocycles. The fourth-order valence-electron chi connectivity index (χ4n) is 1.81. The highest BCUT2D eigenvalue weighted by atomic mass is 19.1. The van der Waals surface area contributed by atoms with E-state index in [1.54, 1.807) is 18.5 Å². The van der Waals surface area contributed by atoms with E-state index in [0.29, 0.717) is 13.1 Å². The van der Waals surface area contributed by atoms with Gasteiger partial charge in [0.15, 0.2) is 11.6 Å². The normalized spacial score (nSPS) is 12.3. The summed E-state index contributed by atoms with van der Waals surface area (Å²) >= 11 is 0. The maximum atomic E-state index is 13.3. The number of nitrogens with one attached hydrogen (secondary N) is 1. The summed E-state index contributed by atoms with van der Waals surface area (Å²) in [6.45, 7) is 1.08. The molecular formula is C14H19FN4O2. The number of benzene rings is 1. The van der Waals surface area contributed by atoms with E-state index >= 15 is 0 Å². The van der Waals surface area contributed by atoms with Crippen molar-refractivity contribution in [3.8, 4) is 5.75 Å². The Bertz CT molecular complexity index is 561. The lowest BCUT2D eigenvalue weighted by molar-refractivity contribution is 0.104. The van der Waals surface area contributed by atoms with Gasteiger partial charge in [0.1, 0.15) is 24.9 Å². The molecule has 1 heterocycles. The third-order valence-corrected chi connectivity index (χ3v) is 2.98. The first kappa shape index (κ1) is 15.4. The van der Waals surface area contributed by atoms with Crippen molar-refractivity contribution < 1.29 is 14.2 Å². The number of ether oxygens (including phenoxy) is 1. The quantitative estimate of drug-likeness (QED) is 0.695. The third kappa shape index (κ3) is 4.80.